The molecule has 0 fully saturated rings. The molecule has 2 aromatic heterocycles. The number of carbonyl (C=O) groups excluding carboxylic acids is 2. The molecule has 6 heteroatoms. The first-order chi connectivity index (χ1) is 10.4. The van der Waals surface area contributed by atoms with Gasteiger partial charge in [-0.25, -0.2) is 4.79 Å². The Morgan fingerprint density at radius 1 is 1.23 bits per heavy atom. The average molecular weight is 318 g/mol. The molecule has 0 bridgehead atoms. The number of carbonyl (C=O) groups is 2. The van der Waals surface area contributed by atoms with Crippen molar-refractivity contribution in [1.29, 1.82) is 0 Å². The number of rotatable bonds is 4. The Balaban J connectivity index is 2.30. The molecule has 0 saturated carbocycles. The van der Waals surface area contributed by atoms with Crippen LogP contribution in [-0.2, 0) is 4.74 Å². The Labute approximate surface area is 133 Å². The zero-order chi connectivity index (χ0) is 16.3. The van der Waals surface area contributed by atoms with E-state index in [0.29, 0.717) is 16.1 Å². The van der Waals surface area contributed by atoms with Gasteiger partial charge in [0.2, 0.25) is 0 Å². The summed E-state index contributed by atoms with van der Waals surface area (Å²) in [4.78, 5) is 29.4. The standard InChI is InChI=1S/C16H18N2O3S/c1-9(2)21-16(20)13-10(3)11(4)22-15(13)18-14(19)12-5-7-17-8-6-12/h5-9H,1-4H3,(H,18,19). The Morgan fingerprint density at radius 3 is 2.45 bits per heavy atom. The summed E-state index contributed by atoms with van der Waals surface area (Å²) in [5.74, 6) is -0.691. The minimum absolute atomic E-state index is 0.212. The zero-order valence-electron chi connectivity index (χ0n) is 13.0. The molecule has 2 heterocycles. The number of aryl methyl sites for hydroxylation is 1. The van der Waals surface area contributed by atoms with Crippen LogP contribution in [0.4, 0.5) is 5.00 Å². The van der Waals surface area contributed by atoms with Crippen LogP contribution in [0.2, 0.25) is 0 Å². The van der Waals surface area contributed by atoms with Crippen LogP contribution in [0.3, 0.4) is 0 Å². The van der Waals surface area contributed by atoms with Crippen LogP contribution in [0.1, 0.15) is 45.0 Å². The molecule has 22 heavy (non-hydrogen) atoms. The second kappa shape index (κ2) is 6.70. The summed E-state index contributed by atoms with van der Waals surface area (Å²) in [6.07, 6.45) is 2.89. The van der Waals surface area contributed by atoms with Crippen molar-refractivity contribution >= 4 is 28.2 Å². The predicted molar refractivity (Wildman–Crippen MR) is 86.5 cm³/mol. The van der Waals surface area contributed by atoms with Crippen molar-refractivity contribution in [3.8, 4) is 0 Å². The van der Waals surface area contributed by atoms with E-state index in [1.165, 1.54) is 11.3 Å². The van der Waals surface area contributed by atoms with Crippen LogP contribution < -0.4 is 5.32 Å². The van der Waals surface area contributed by atoms with E-state index in [1.807, 2.05) is 13.8 Å². The van der Waals surface area contributed by atoms with Gasteiger partial charge in [0, 0.05) is 22.8 Å². The van der Waals surface area contributed by atoms with Crippen molar-refractivity contribution in [3.63, 3.8) is 0 Å². The molecule has 0 radical (unpaired) electrons. The van der Waals surface area contributed by atoms with E-state index in [1.54, 1.807) is 38.4 Å². The topological polar surface area (TPSA) is 68.3 Å². The van der Waals surface area contributed by atoms with Crippen LogP contribution >= 0.6 is 11.3 Å². The molecular formula is C16H18N2O3S. The summed E-state index contributed by atoms with van der Waals surface area (Å²) in [5.41, 5.74) is 1.75. The SMILES string of the molecule is Cc1sc(NC(=O)c2ccncc2)c(C(=O)OC(C)C)c1C. The molecular weight excluding hydrogens is 300 g/mol. The van der Waals surface area contributed by atoms with E-state index < -0.39 is 5.97 Å². The van der Waals surface area contributed by atoms with Gasteiger partial charge in [-0.05, 0) is 45.4 Å². The van der Waals surface area contributed by atoms with Crippen molar-refractivity contribution in [2.75, 3.05) is 5.32 Å². The summed E-state index contributed by atoms with van der Waals surface area (Å²) < 4.78 is 5.26. The largest absolute Gasteiger partial charge is 0.459 e. The zero-order valence-corrected chi connectivity index (χ0v) is 13.8. The van der Waals surface area contributed by atoms with E-state index >= 15 is 0 Å². The number of hydrogen-bond donors (Lipinski definition) is 1. The molecule has 2 aromatic rings. The third-order valence-corrected chi connectivity index (χ3v) is 4.22. The molecule has 0 unspecified atom stereocenters. The van der Waals surface area contributed by atoms with Crippen LogP contribution in [0.25, 0.3) is 0 Å². The first-order valence-electron chi connectivity index (χ1n) is 6.92. The van der Waals surface area contributed by atoms with Crippen LogP contribution in [0.5, 0.6) is 0 Å². The van der Waals surface area contributed by atoms with E-state index in [9.17, 15) is 9.59 Å². The highest BCUT2D eigenvalue weighted by molar-refractivity contribution is 7.16. The Hall–Kier alpha value is -2.21. The van der Waals surface area contributed by atoms with Crippen LogP contribution in [0.15, 0.2) is 24.5 Å². The smallest absolute Gasteiger partial charge is 0.341 e. The highest BCUT2D eigenvalue weighted by atomic mass is 32.1. The molecule has 2 rings (SSSR count). The molecule has 1 amide bonds. The highest BCUT2D eigenvalue weighted by Gasteiger charge is 2.23. The van der Waals surface area contributed by atoms with Crippen LogP contribution in [0, 0.1) is 13.8 Å². The summed E-state index contributed by atoms with van der Waals surface area (Å²) in [6.45, 7) is 7.35. The monoisotopic (exact) mass is 318 g/mol. The molecule has 0 aliphatic carbocycles. The maximum absolute atomic E-state index is 12.3. The molecule has 116 valence electrons. The molecule has 0 atom stereocenters. The fraction of sp³-hybridized carbons (Fsp3) is 0.312. The quantitative estimate of drug-likeness (QED) is 0.875. The second-order valence-electron chi connectivity index (χ2n) is 5.13. The normalized spacial score (nSPS) is 10.6. The Kier molecular flexibility index (Phi) is 4.92. The number of pyridine rings is 1. The van der Waals surface area contributed by atoms with E-state index in [2.05, 4.69) is 10.3 Å². The molecule has 1 N–H and O–H groups in total. The first kappa shape index (κ1) is 16.2. The van der Waals surface area contributed by atoms with Crippen molar-refractivity contribution in [2.24, 2.45) is 0 Å². The lowest BCUT2D eigenvalue weighted by molar-refractivity contribution is 0.0379. The van der Waals surface area contributed by atoms with Gasteiger partial charge in [-0.15, -0.1) is 11.3 Å². The maximum atomic E-state index is 12.3. The van der Waals surface area contributed by atoms with E-state index in [4.69, 9.17) is 4.74 Å². The number of ether oxygens (including phenoxy) is 1. The van der Waals surface area contributed by atoms with Gasteiger partial charge in [0.1, 0.15) is 5.00 Å². The predicted octanol–water partition coefficient (Wildman–Crippen LogP) is 3.58. The fourth-order valence-corrected chi connectivity index (χ4v) is 2.96. The van der Waals surface area contributed by atoms with Crippen molar-refractivity contribution in [2.45, 2.75) is 33.8 Å². The van der Waals surface area contributed by atoms with Gasteiger partial charge in [0.15, 0.2) is 0 Å². The third kappa shape index (κ3) is 3.51. The Bertz CT molecular complexity index is 693. The fourth-order valence-electron chi connectivity index (χ4n) is 1.91. The van der Waals surface area contributed by atoms with Gasteiger partial charge in [-0.3, -0.25) is 9.78 Å². The third-order valence-electron chi connectivity index (χ3n) is 3.10. The lowest BCUT2D eigenvalue weighted by atomic mass is 10.1. The molecule has 0 saturated heterocycles. The molecule has 5 nitrogen and oxygen atoms in total. The molecule has 0 aromatic carbocycles. The van der Waals surface area contributed by atoms with E-state index in [-0.39, 0.29) is 12.0 Å². The number of aromatic nitrogens is 1. The van der Waals surface area contributed by atoms with Gasteiger partial charge >= 0.3 is 5.97 Å². The summed E-state index contributed by atoms with van der Waals surface area (Å²) in [5, 5.41) is 3.31. The van der Waals surface area contributed by atoms with E-state index in [0.717, 1.165) is 10.4 Å². The first-order valence-corrected chi connectivity index (χ1v) is 7.74. The lowest BCUT2D eigenvalue weighted by Gasteiger charge is -2.10. The number of thiophene rings is 1. The number of nitrogens with zero attached hydrogens (tertiary/aromatic N) is 1. The van der Waals surface area contributed by atoms with Crippen molar-refractivity contribution in [3.05, 3.63) is 46.1 Å². The minimum Gasteiger partial charge on any atom is -0.459 e. The number of hydrogen-bond acceptors (Lipinski definition) is 5. The lowest BCUT2D eigenvalue weighted by Crippen LogP contribution is -2.16. The number of amides is 1. The highest BCUT2D eigenvalue weighted by Crippen LogP contribution is 2.33. The average Bonchev–Trinajstić information content (AvgIpc) is 2.74. The van der Waals surface area contributed by atoms with Gasteiger partial charge in [0.05, 0.1) is 11.7 Å². The molecule has 0 spiro atoms. The second-order valence-corrected chi connectivity index (χ2v) is 6.36. The van der Waals surface area contributed by atoms with Crippen LogP contribution in [-0.4, -0.2) is 23.0 Å². The number of esters is 1. The van der Waals surface area contributed by atoms with Crippen molar-refractivity contribution < 1.29 is 14.3 Å². The molecule has 0 aliphatic heterocycles. The number of anilines is 1. The van der Waals surface area contributed by atoms with Gasteiger partial charge in [-0.2, -0.15) is 0 Å². The summed E-state index contributed by atoms with van der Waals surface area (Å²) in [7, 11) is 0. The van der Waals surface area contributed by atoms with Gasteiger partial charge < -0.3 is 10.1 Å². The van der Waals surface area contributed by atoms with Crippen molar-refractivity contribution in [1.82, 2.24) is 4.98 Å². The minimum atomic E-state index is -0.415. The molecule has 0 aliphatic rings. The summed E-state index contributed by atoms with van der Waals surface area (Å²) >= 11 is 1.37. The summed E-state index contributed by atoms with van der Waals surface area (Å²) in [6, 6.07) is 3.24. The number of nitrogens with one attached hydrogen (secondary N) is 1. The maximum Gasteiger partial charge on any atom is 0.341 e. The Morgan fingerprint density at radius 2 is 1.86 bits per heavy atom. The van der Waals surface area contributed by atoms with Gasteiger partial charge in [0.25, 0.3) is 5.91 Å². The van der Waals surface area contributed by atoms with Gasteiger partial charge in [-0.1, -0.05) is 0 Å².